The number of thiazole rings is 1. The zero-order valence-corrected chi connectivity index (χ0v) is 9.29. The van der Waals surface area contributed by atoms with Crippen molar-refractivity contribution in [3.05, 3.63) is 16.1 Å². The lowest BCUT2D eigenvalue weighted by molar-refractivity contribution is -0.136. The van der Waals surface area contributed by atoms with Crippen molar-refractivity contribution in [2.24, 2.45) is 0 Å². The second-order valence-electron chi connectivity index (χ2n) is 3.78. The molecule has 0 atom stereocenters. The van der Waals surface area contributed by atoms with Crippen molar-refractivity contribution in [2.75, 3.05) is 13.1 Å². The van der Waals surface area contributed by atoms with Crippen LogP contribution in [0.25, 0.3) is 0 Å². The van der Waals surface area contributed by atoms with Crippen molar-refractivity contribution in [1.29, 1.82) is 0 Å². The van der Waals surface area contributed by atoms with Gasteiger partial charge in [-0.05, 0) is 25.9 Å². The van der Waals surface area contributed by atoms with Crippen LogP contribution in [0.5, 0.6) is 0 Å². The second-order valence-corrected chi connectivity index (χ2v) is 4.72. The number of hydrogen-bond donors (Lipinski definition) is 1. The van der Waals surface area contributed by atoms with Crippen molar-refractivity contribution in [2.45, 2.75) is 25.8 Å². The van der Waals surface area contributed by atoms with Gasteiger partial charge in [0.2, 0.25) is 0 Å². The van der Waals surface area contributed by atoms with Crippen LogP contribution in [0.2, 0.25) is 0 Å². The van der Waals surface area contributed by atoms with E-state index in [1.165, 1.54) is 12.8 Å². The van der Waals surface area contributed by atoms with Gasteiger partial charge in [-0.25, -0.2) is 4.98 Å². The molecule has 15 heavy (non-hydrogen) atoms. The van der Waals surface area contributed by atoms with Crippen LogP contribution in [0.1, 0.15) is 23.4 Å². The molecule has 1 aromatic rings. The van der Waals surface area contributed by atoms with Gasteiger partial charge in [0.1, 0.15) is 0 Å². The van der Waals surface area contributed by atoms with E-state index in [4.69, 9.17) is 5.11 Å². The van der Waals surface area contributed by atoms with Crippen LogP contribution in [0, 0.1) is 0 Å². The van der Waals surface area contributed by atoms with Crippen molar-refractivity contribution >= 4 is 17.3 Å². The van der Waals surface area contributed by atoms with E-state index >= 15 is 0 Å². The van der Waals surface area contributed by atoms with Crippen LogP contribution in [0.15, 0.2) is 5.51 Å². The molecule has 0 unspecified atom stereocenters. The Balaban J connectivity index is 2.00. The predicted octanol–water partition coefficient (Wildman–Crippen LogP) is 1.37. The fourth-order valence-electron chi connectivity index (χ4n) is 1.85. The first-order valence-electron chi connectivity index (χ1n) is 5.11. The number of carboxylic acid groups (broad SMARTS) is 1. The third-order valence-electron chi connectivity index (χ3n) is 2.61. The molecule has 0 aliphatic carbocycles. The minimum Gasteiger partial charge on any atom is -0.481 e. The van der Waals surface area contributed by atoms with E-state index in [1.54, 1.807) is 16.8 Å². The normalized spacial score (nSPS) is 17.1. The SMILES string of the molecule is O=C(O)Cc1ncsc1CN1CCCC1. The fraction of sp³-hybridized carbons (Fsp3) is 0.600. The number of aliphatic carboxylic acids is 1. The summed E-state index contributed by atoms with van der Waals surface area (Å²) in [5.74, 6) is -0.802. The van der Waals surface area contributed by atoms with Crippen LogP contribution < -0.4 is 0 Å². The molecule has 0 saturated carbocycles. The second kappa shape index (κ2) is 4.72. The summed E-state index contributed by atoms with van der Waals surface area (Å²) < 4.78 is 0. The Hall–Kier alpha value is -0.940. The number of aromatic nitrogens is 1. The molecule has 1 fully saturated rings. The minimum absolute atomic E-state index is 0.0483. The molecule has 2 rings (SSSR count). The van der Waals surface area contributed by atoms with Crippen LogP contribution >= 0.6 is 11.3 Å². The molecule has 0 bridgehead atoms. The number of carbonyl (C=O) groups is 1. The van der Waals surface area contributed by atoms with Crippen molar-refractivity contribution in [3.8, 4) is 0 Å². The average Bonchev–Trinajstić information content (AvgIpc) is 2.78. The fourth-order valence-corrected chi connectivity index (χ4v) is 2.68. The molecule has 0 aromatic carbocycles. The number of likely N-dealkylation sites (tertiary alicyclic amines) is 1. The van der Waals surface area contributed by atoms with Crippen LogP contribution in [-0.4, -0.2) is 34.0 Å². The van der Waals surface area contributed by atoms with Gasteiger partial charge in [0.15, 0.2) is 0 Å². The molecular weight excluding hydrogens is 212 g/mol. The maximum Gasteiger partial charge on any atom is 0.309 e. The van der Waals surface area contributed by atoms with E-state index in [0.29, 0.717) is 0 Å². The molecule has 1 N–H and O–H groups in total. The Labute approximate surface area is 92.6 Å². The zero-order chi connectivity index (χ0) is 10.7. The van der Waals surface area contributed by atoms with E-state index in [0.717, 1.165) is 30.2 Å². The first kappa shape index (κ1) is 10.6. The highest BCUT2D eigenvalue weighted by molar-refractivity contribution is 7.09. The van der Waals surface area contributed by atoms with Gasteiger partial charge >= 0.3 is 5.97 Å². The molecule has 0 spiro atoms. The number of nitrogens with zero attached hydrogens (tertiary/aromatic N) is 2. The average molecular weight is 226 g/mol. The maximum atomic E-state index is 10.6. The van der Waals surface area contributed by atoms with Gasteiger partial charge in [-0.15, -0.1) is 11.3 Å². The Kier molecular flexibility index (Phi) is 3.33. The lowest BCUT2D eigenvalue weighted by Gasteiger charge is -2.13. The molecule has 1 aliphatic heterocycles. The molecule has 1 saturated heterocycles. The smallest absolute Gasteiger partial charge is 0.309 e. The zero-order valence-electron chi connectivity index (χ0n) is 8.48. The summed E-state index contributed by atoms with van der Waals surface area (Å²) in [5.41, 5.74) is 2.48. The summed E-state index contributed by atoms with van der Waals surface area (Å²) in [6, 6.07) is 0. The highest BCUT2D eigenvalue weighted by atomic mass is 32.1. The van der Waals surface area contributed by atoms with Crippen LogP contribution in [0.3, 0.4) is 0 Å². The quantitative estimate of drug-likeness (QED) is 0.842. The van der Waals surface area contributed by atoms with Crippen molar-refractivity contribution < 1.29 is 9.90 Å². The predicted molar refractivity (Wildman–Crippen MR) is 58.0 cm³/mol. The molecular formula is C10H14N2O2S. The van der Waals surface area contributed by atoms with E-state index < -0.39 is 5.97 Å². The molecule has 0 radical (unpaired) electrons. The Morgan fingerprint density at radius 2 is 2.27 bits per heavy atom. The standard InChI is InChI=1S/C10H14N2O2S/c13-10(14)5-8-9(15-7-11-8)6-12-3-1-2-4-12/h7H,1-6H2,(H,13,14). The third-order valence-corrected chi connectivity index (χ3v) is 3.47. The minimum atomic E-state index is -0.802. The summed E-state index contributed by atoms with van der Waals surface area (Å²) in [6.45, 7) is 3.13. The monoisotopic (exact) mass is 226 g/mol. The third kappa shape index (κ3) is 2.76. The Morgan fingerprint density at radius 1 is 1.53 bits per heavy atom. The topological polar surface area (TPSA) is 53.4 Å². The molecule has 82 valence electrons. The molecule has 1 aromatic heterocycles. The number of carboxylic acids is 1. The van der Waals surface area contributed by atoms with Crippen molar-refractivity contribution in [1.82, 2.24) is 9.88 Å². The molecule has 4 nitrogen and oxygen atoms in total. The maximum absolute atomic E-state index is 10.6. The Morgan fingerprint density at radius 3 is 2.93 bits per heavy atom. The largest absolute Gasteiger partial charge is 0.481 e. The van der Waals surface area contributed by atoms with Crippen LogP contribution in [-0.2, 0) is 17.8 Å². The molecule has 5 heteroatoms. The highest BCUT2D eigenvalue weighted by Crippen LogP contribution is 2.19. The van der Waals surface area contributed by atoms with Gasteiger partial charge < -0.3 is 5.11 Å². The number of hydrogen-bond acceptors (Lipinski definition) is 4. The van der Waals surface area contributed by atoms with E-state index in [9.17, 15) is 4.79 Å². The van der Waals surface area contributed by atoms with Crippen molar-refractivity contribution in [3.63, 3.8) is 0 Å². The lowest BCUT2D eigenvalue weighted by Crippen LogP contribution is -2.19. The van der Waals surface area contributed by atoms with Gasteiger partial charge in [0.25, 0.3) is 0 Å². The summed E-state index contributed by atoms with van der Waals surface area (Å²) in [4.78, 5) is 18.2. The van der Waals surface area contributed by atoms with Gasteiger partial charge in [-0.1, -0.05) is 0 Å². The lowest BCUT2D eigenvalue weighted by atomic mass is 10.2. The summed E-state index contributed by atoms with van der Waals surface area (Å²) in [7, 11) is 0. The number of rotatable bonds is 4. The summed E-state index contributed by atoms with van der Waals surface area (Å²) >= 11 is 1.56. The first-order chi connectivity index (χ1) is 7.25. The van der Waals surface area contributed by atoms with E-state index in [-0.39, 0.29) is 6.42 Å². The highest BCUT2D eigenvalue weighted by Gasteiger charge is 2.16. The summed E-state index contributed by atoms with van der Waals surface area (Å²) in [6.07, 6.45) is 2.56. The molecule has 0 amide bonds. The molecule has 2 heterocycles. The van der Waals surface area contributed by atoms with Gasteiger partial charge in [-0.2, -0.15) is 0 Å². The van der Waals surface area contributed by atoms with E-state index in [1.807, 2.05) is 0 Å². The molecule has 1 aliphatic rings. The van der Waals surface area contributed by atoms with Gasteiger partial charge in [0, 0.05) is 11.4 Å². The van der Waals surface area contributed by atoms with E-state index in [2.05, 4.69) is 9.88 Å². The van der Waals surface area contributed by atoms with Gasteiger partial charge in [-0.3, -0.25) is 9.69 Å². The Bertz CT molecular complexity index is 345. The van der Waals surface area contributed by atoms with Gasteiger partial charge in [0.05, 0.1) is 17.6 Å². The van der Waals surface area contributed by atoms with Crippen LogP contribution in [0.4, 0.5) is 0 Å². The first-order valence-corrected chi connectivity index (χ1v) is 5.99. The summed E-state index contributed by atoms with van der Waals surface area (Å²) in [5, 5.41) is 8.72.